The first-order valence-corrected chi connectivity index (χ1v) is 5.16. The molecular formula is C10H12OS. The van der Waals surface area contributed by atoms with Crippen molar-refractivity contribution >= 4 is 17.1 Å². The number of Topliss-reactive ketones (excluding diaryl/α,β-unsaturated/α-hetero) is 1. The quantitative estimate of drug-likeness (QED) is 0.649. The van der Waals surface area contributed by atoms with E-state index in [1.54, 1.807) is 0 Å². The van der Waals surface area contributed by atoms with Crippen molar-refractivity contribution in [1.82, 2.24) is 0 Å². The topological polar surface area (TPSA) is 17.1 Å². The predicted octanol–water partition coefficient (Wildman–Crippen LogP) is 3.00. The molecule has 0 fully saturated rings. The van der Waals surface area contributed by atoms with Gasteiger partial charge in [-0.1, -0.05) is 13.8 Å². The Morgan fingerprint density at radius 3 is 2.75 bits per heavy atom. The second-order valence-electron chi connectivity index (χ2n) is 3.56. The van der Waals surface area contributed by atoms with Crippen LogP contribution < -0.4 is 0 Å². The number of ketones is 1. The fourth-order valence-electron chi connectivity index (χ4n) is 1.52. The zero-order valence-electron chi connectivity index (χ0n) is 7.39. The highest BCUT2D eigenvalue weighted by molar-refractivity contribution is 7.12. The first-order valence-electron chi connectivity index (χ1n) is 4.34. The molecule has 0 aliphatic heterocycles. The Kier molecular flexibility index (Phi) is 1.80. The van der Waals surface area contributed by atoms with Crippen molar-refractivity contribution in [3.63, 3.8) is 0 Å². The standard InChI is InChI=1S/C10H12OS/c1-6(2)10-5-7-8(11)3-4-9(7)12-10/h5-6H,3-4H2,1-2H3. The molecule has 64 valence electrons. The van der Waals surface area contributed by atoms with Crippen LogP contribution in [-0.4, -0.2) is 5.78 Å². The Morgan fingerprint density at radius 1 is 1.42 bits per heavy atom. The van der Waals surface area contributed by atoms with E-state index in [9.17, 15) is 4.79 Å². The van der Waals surface area contributed by atoms with Gasteiger partial charge in [-0.05, 0) is 18.4 Å². The van der Waals surface area contributed by atoms with Gasteiger partial charge in [0.2, 0.25) is 0 Å². The lowest BCUT2D eigenvalue weighted by atomic mass is 10.1. The number of hydrogen-bond acceptors (Lipinski definition) is 2. The van der Waals surface area contributed by atoms with E-state index in [0.717, 1.165) is 18.4 Å². The van der Waals surface area contributed by atoms with Crippen LogP contribution in [0.5, 0.6) is 0 Å². The highest BCUT2D eigenvalue weighted by atomic mass is 32.1. The van der Waals surface area contributed by atoms with Crippen LogP contribution in [0.4, 0.5) is 0 Å². The molecule has 12 heavy (non-hydrogen) atoms. The summed E-state index contributed by atoms with van der Waals surface area (Å²) < 4.78 is 0. The second kappa shape index (κ2) is 2.70. The molecule has 0 aromatic carbocycles. The Bertz CT molecular complexity index is 323. The average Bonchev–Trinajstić information content (AvgIpc) is 2.53. The van der Waals surface area contributed by atoms with Crippen molar-refractivity contribution in [2.45, 2.75) is 32.6 Å². The molecule has 0 N–H and O–H groups in total. The van der Waals surface area contributed by atoms with E-state index in [2.05, 4.69) is 19.9 Å². The molecule has 1 aromatic rings. The molecule has 1 aliphatic rings. The predicted molar refractivity (Wildman–Crippen MR) is 51.1 cm³/mol. The van der Waals surface area contributed by atoms with Gasteiger partial charge in [0.25, 0.3) is 0 Å². The minimum atomic E-state index is 0.341. The maximum atomic E-state index is 11.3. The summed E-state index contributed by atoms with van der Waals surface area (Å²) in [6, 6.07) is 2.08. The molecule has 0 amide bonds. The van der Waals surface area contributed by atoms with E-state index in [-0.39, 0.29) is 0 Å². The number of carbonyl (C=O) groups excluding carboxylic acids is 1. The van der Waals surface area contributed by atoms with Gasteiger partial charge in [-0.25, -0.2) is 0 Å². The molecule has 0 bridgehead atoms. The minimum Gasteiger partial charge on any atom is -0.294 e. The molecule has 2 rings (SSSR count). The van der Waals surface area contributed by atoms with Crippen LogP contribution in [0.1, 0.15) is 46.3 Å². The lowest BCUT2D eigenvalue weighted by Crippen LogP contribution is -1.89. The molecule has 0 saturated heterocycles. The van der Waals surface area contributed by atoms with E-state index in [0.29, 0.717) is 11.7 Å². The van der Waals surface area contributed by atoms with Crippen LogP contribution in [0, 0.1) is 0 Å². The minimum absolute atomic E-state index is 0.341. The van der Waals surface area contributed by atoms with E-state index < -0.39 is 0 Å². The fraction of sp³-hybridized carbons (Fsp3) is 0.500. The van der Waals surface area contributed by atoms with Gasteiger partial charge >= 0.3 is 0 Å². The molecule has 0 atom stereocenters. The maximum absolute atomic E-state index is 11.3. The SMILES string of the molecule is CC(C)c1cc2c(s1)CCC2=O. The largest absolute Gasteiger partial charge is 0.294 e. The van der Waals surface area contributed by atoms with E-state index in [1.165, 1.54) is 9.75 Å². The summed E-state index contributed by atoms with van der Waals surface area (Å²) in [7, 11) is 0. The zero-order valence-corrected chi connectivity index (χ0v) is 8.20. The van der Waals surface area contributed by atoms with Crippen molar-refractivity contribution in [2.75, 3.05) is 0 Å². The number of thiophene rings is 1. The lowest BCUT2D eigenvalue weighted by molar-refractivity contribution is 0.0994. The summed E-state index contributed by atoms with van der Waals surface area (Å²) in [4.78, 5) is 14.0. The highest BCUT2D eigenvalue weighted by Crippen LogP contribution is 2.33. The summed E-state index contributed by atoms with van der Waals surface area (Å²) in [5, 5.41) is 0. The summed E-state index contributed by atoms with van der Waals surface area (Å²) in [5.41, 5.74) is 1.00. The van der Waals surface area contributed by atoms with Gasteiger partial charge < -0.3 is 0 Å². The first kappa shape index (κ1) is 7.99. The molecule has 2 heteroatoms. The Balaban J connectivity index is 2.43. The Labute approximate surface area is 76.4 Å². The lowest BCUT2D eigenvalue weighted by Gasteiger charge is -1.97. The summed E-state index contributed by atoms with van der Waals surface area (Å²) in [5.74, 6) is 0.904. The third-order valence-corrected chi connectivity index (χ3v) is 3.77. The third kappa shape index (κ3) is 1.11. The van der Waals surface area contributed by atoms with E-state index in [1.807, 2.05) is 11.3 Å². The smallest absolute Gasteiger partial charge is 0.164 e. The average molecular weight is 180 g/mol. The van der Waals surface area contributed by atoms with Crippen LogP contribution in [0.15, 0.2) is 6.07 Å². The summed E-state index contributed by atoms with van der Waals surface area (Å²) in [6.45, 7) is 4.34. The van der Waals surface area contributed by atoms with Gasteiger partial charge in [0.05, 0.1) is 0 Å². The van der Waals surface area contributed by atoms with Crippen LogP contribution >= 0.6 is 11.3 Å². The molecule has 1 heterocycles. The monoisotopic (exact) mass is 180 g/mol. The number of rotatable bonds is 1. The molecule has 1 aromatic heterocycles. The molecule has 1 nitrogen and oxygen atoms in total. The normalized spacial score (nSPS) is 15.8. The van der Waals surface area contributed by atoms with Crippen molar-refractivity contribution in [2.24, 2.45) is 0 Å². The van der Waals surface area contributed by atoms with Crippen molar-refractivity contribution < 1.29 is 4.79 Å². The van der Waals surface area contributed by atoms with Gasteiger partial charge in [0, 0.05) is 21.7 Å². The number of carbonyl (C=O) groups is 1. The molecule has 0 spiro atoms. The molecule has 0 radical (unpaired) electrons. The van der Waals surface area contributed by atoms with Gasteiger partial charge in [-0.3, -0.25) is 4.79 Å². The van der Waals surface area contributed by atoms with E-state index in [4.69, 9.17) is 0 Å². The van der Waals surface area contributed by atoms with Crippen molar-refractivity contribution in [3.05, 3.63) is 21.4 Å². The van der Waals surface area contributed by atoms with Crippen LogP contribution in [0.2, 0.25) is 0 Å². The molecule has 0 unspecified atom stereocenters. The van der Waals surface area contributed by atoms with Crippen LogP contribution in [-0.2, 0) is 6.42 Å². The Morgan fingerprint density at radius 2 is 2.17 bits per heavy atom. The maximum Gasteiger partial charge on any atom is 0.164 e. The second-order valence-corrected chi connectivity index (χ2v) is 4.73. The van der Waals surface area contributed by atoms with Gasteiger partial charge in [-0.2, -0.15) is 0 Å². The first-order chi connectivity index (χ1) is 5.68. The molecule has 0 saturated carbocycles. The third-order valence-electron chi connectivity index (χ3n) is 2.28. The number of hydrogen-bond donors (Lipinski definition) is 0. The Hall–Kier alpha value is -0.630. The number of aryl methyl sites for hydroxylation is 1. The molecular weight excluding hydrogens is 168 g/mol. The zero-order chi connectivity index (χ0) is 8.72. The molecule has 1 aliphatic carbocycles. The summed E-state index contributed by atoms with van der Waals surface area (Å²) >= 11 is 1.81. The summed E-state index contributed by atoms with van der Waals surface area (Å²) in [6.07, 6.45) is 1.71. The van der Waals surface area contributed by atoms with E-state index >= 15 is 0 Å². The van der Waals surface area contributed by atoms with Crippen molar-refractivity contribution in [1.29, 1.82) is 0 Å². The highest BCUT2D eigenvalue weighted by Gasteiger charge is 2.22. The van der Waals surface area contributed by atoms with Gasteiger partial charge in [0.15, 0.2) is 5.78 Å². The number of fused-ring (bicyclic) bond motifs is 1. The van der Waals surface area contributed by atoms with Crippen LogP contribution in [0.25, 0.3) is 0 Å². The van der Waals surface area contributed by atoms with Crippen LogP contribution in [0.3, 0.4) is 0 Å². The van der Waals surface area contributed by atoms with Crippen molar-refractivity contribution in [3.8, 4) is 0 Å². The van der Waals surface area contributed by atoms with Gasteiger partial charge in [0.1, 0.15) is 0 Å². The fourth-order valence-corrected chi connectivity index (χ4v) is 2.70. The van der Waals surface area contributed by atoms with Gasteiger partial charge in [-0.15, -0.1) is 11.3 Å².